The van der Waals surface area contributed by atoms with Gasteiger partial charge in [-0.05, 0) is 26.6 Å². The molecular formula is C15H23N3O3. The van der Waals surface area contributed by atoms with Gasteiger partial charge in [-0.2, -0.15) is 0 Å². The van der Waals surface area contributed by atoms with Gasteiger partial charge < -0.3 is 19.5 Å². The van der Waals surface area contributed by atoms with Gasteiger partial charge in [0.05, 0.1) is 6.10 Å². The first kappa shape index (κ1) is 15.7. The Hall–Kier alpha value is -1.66. The smallest absolute Gasteiger partial charge is 0.250 e. The summed E-state index contributed by atoms with van der Waals surface area (Å²) in [5, 5.41) is 9.79. The molecule has 6 heteroatoms. The van der Waals surface area contributed by atoms with Gasteiger partial charge in [-0.1, -0.05) is 6.07 Å². The molecular weight excluding hydrogens is 270 g/mol. The summed E-state index contributed by atoms with van der Waals surface area (Å²) < 4.78 is 1.53. The van der Waals surface area contributed by atoms with Crippen molar-refractivity contribution in [2.24, 2.45) is 0 Å². The fourth-order valence-corrected chi connectivity index (χ4v) is 2.80. The van der Waals surface area contributed by atoms with Crippen molar-refractivity contribution in [3.8, 4) is 0 Å². The van der Waals surface area contributed by atoms with Crippen molar-refractivity contribution >= 4 is 5.91 Å². The van der Waals surface area contributed by atoms with Gasteiger partial charge in [0.15, 0.2) is 0 Å². The predicted octanol–water partition coefficient (Wildman–Crippen LogP) is -0.238. The van der Waals surface area contributed by atoms with Gasteiger partial charge in [0.1, 0.15) is 0 Å². The molecule has 0 bridgehead atoms. The highest BCUT2D eigenvalue weighted by atomic mass is 16.3. The zero-order chi connectivity index (χ0) is 15.4. The number of carbonyl (C=O) groups excluding carboxylic acids is 1. The van der Waals surface area contributed by atoms with Crippen LogP contribution in [0.4, 0.5) is 0 Å². The summed E-state index contributed by atoms with van der Waals surface area (Å²) in [4.78, 5) is 27.7. The third-order valence-corrected chi connectivity index (χ3v) is 3.75. The number of amides is 1. The van der Waals surface area contributed by atoms with E-state index in [4.69, 9.17) is 0 Å². The lowest BCUT2D eigenvalue weighted by Gasteiger charge is -2.27. The number of pyridine rings is 1. The molecule has 1 saturated heterocycles. The van der Waals surface area contributed by atoms with Crippen molar-refractivity contribution < 1.29 is 9.90 Å². The van der Waals surface area contributed by atoms with Crippen LogP contribution in [0.15, 0.2) is 29.2 Å². The zero-order valence-corrected chi connectivity index (χ0v) is 12.6. The van der Waals surface area contributed by atoms with Crippen LogP contribution in [0.5, 0.6) is 0 Å². The summed E-state index contributed by atoms with van der Waals surface area (Å²) in [6.07, 6.45) is 2.14. The monoisotopic (exact) mass is 293 g/mol. The van der Waals surface area contributed by atoms with Crippen LogP contribution in [0.1, 0.15) is 12.8 Å². The van der Waals surface area contributed by atoms with Crippen LogP contribution in [-0.4, -0.2) is 64.7 Å². The van der Waals surface area contributed by atoms with Crippen molar-refractivity contribution in [1.29, 1.82) is 0 Å². The van der Waals surface area contributed by atoms with Gasteiger partial charge in [-0.25, -0.2) is 0 Å². The van der Waals surface area contributed by atoms with Crippen LogP contribution in [0, 0.1) is 0 Å². The molecule has 2 heterocycles. The van der Waals surface area contributed by atoms with Crippen molar-refractivity contribution in [3.63, 3.8) is 0 Å². The Balaban J connectivity index is 1.96. The van der Waals surface area contributed by atoms with Crippen molar-refractivity contribution in [3.05, 3.63) is 34.7 Å². The first-order chi connectivity index (χ1) is 9.97. The number of likely N-dealkylation sites (N-methyl/N-ethyl adjacent to an activating group) is 1. The Labute approximate surface area is 124 Å². The zero-order valence-electron chi connectivity index (χ0n) is 12.6. The molecule has 1 aliphatic heterocycles. The fraction of sp³-hybridized carbons (Fsp3) is 0.600. The molecule has 6 nitrogen and oxygen atoms in total. The third kappa shape index (κ3) is 4.15. The molecule has 1 aromatic heterocycles. The number of aromatic nitrogens is 1. The summed E-state index contributed by atoms with van der Waals surface area (Å²) in [5.41, 5.74) is -0.100. The average Bonchev–Trinajstić information content (AvgIpc) is 2.77. The van der Waals surface area contributed by atoms with Crippen LogP contribution in [0.2, 0.25) is 0 Å². The van der Waals surface area contributed by atoms with Crippen molar-refractivity contribution in [1.82, 2.24) is 14.4 Å². The quantitative estimate of drug-likeness (QED) is 0.814. The fourth-order valence-electron chi connectivity index (χ4n) is 2.80. The number of likely N-dealkylation sites (tertiary alicyclic amines) is 1. The molecule has 0 spiro atoms. The highest BCUT2D eigenvalue weighted by molar-refractivity contribution is 5.76. The van der Waals surface area contributed by atoms with Crippen LogP contribution >= 0.6 is 0 Å². The number of β-amino-alcohol motifs (C(OH)–C–C–N with tert-alkyl or cyclic N) is 1. The Morgan fingerprint density at radius 1 is 1.43 bits per heavy atom. The number of hydrogen-bond donors (Lipinski definition) is 1. The molecule has 0 saturated carbocycles. The van der Waals surface area contributed by atoms with E-state index >= 15 is 0 Å². The largest absolute Gasteiger partial charge is 0.391 e. The van der Waals surface area contributed by atoms with Crippen LogP contribution < -0.4 is 5.56 Å². The molecule has 1 aromatic rings. The number of aliphatic hydroxyl groups excluding tert-OH is 1. The maximum Gasteiger partial charge on any atom is 0.250 e. The number of aryl methyl sites for hydroxylation is 1. The van der Waals surface area contributed by atoms with Gasteiger partial charge in [0, 0.05) is 44.4 Å². The molecule has 1 amide bonds. The van der Waals surface area contributed by atoms with E-state index in [-0.39, 0.29) is 23.9 Å². The summed E-state index contributed by atoms with van der Waals surface area (Å²) in [6, 6.07) is 5.00. The van der Waals surface area contributed by atoms with E-state index in [2.05, 4.69) is 0 Å². The highest BCUT2D eigenvalue weighted by Crippen LogP contribution is 2.19. The van der Waals surface area contributed by atoms with E-state index in [1.165, 1.54) is 10.6 Å². The molecule has 2 unspecified atom stereocenters. The van der Waals surface area contributed by atoms with E-state index in [1.54, 1.807) is 23.2 Å². The van der Waals surface area contributed by atoms with Gasteiger partial charge in [-0.15, -0.1) is 0 Å². The number of aliphatic hydroxyl groups is 1. The van der Waals surface area contributed by atoms with Crippen LogP contribution in [0.3, 0.4) is 0 Å². The number of carbonyl (C=O) groups is 1. The van der Waals surface area contributed by atoms with Crippen LogP contribution in [-0.2, 0) is 11.3 Å². The van der Waals surface area contributed by atoms with Crippen LogP contribution in [0.25, 0.3) is 0 Å². The van der Waals surface area contributed by atoms with Gasteiger partial charge in [0.2, 0.25) is 5.91 Å². The van der Waals surface area contributed by atoms with E-state index in [0.717, 1.165) is 6.54 Å². The predicted molar refractivity (Wildman–Crippen MR) is 80.0 cm³/mol. The molecule has 1 fully saturated rings. The topological polar surface area (TPSA) is 65.8 Å². The number of nitrogens with zero attached hydrogens (tertiary/aromatic N) is 3. The second-order valence-corrected chi connectivity index (χ2v) is 5.83. The minimum absolute atomic E-state index is 0.00541. The maximum atomic E-state index is 12.3. The molecule has 21 heavy (non-hydrogen) atoms. The summed E-state index contributed by atoms with van der Waals surface area (Å²) >= 11 is 0. The second kappa shape index (κ2) is 6.87. The molecule has 2 rings (SSSR count). The molecule has 116 valence electrons. The lowest BCUT2D eigenvalue weighted by Crippen LogP contribution is -2.41. The average molecular weight is 293 g/mol. The first-order valence-corrected chi connectivity index (χ1v) is 7.25. The SMILES string of the molecule is CN(C)CC1CC(O)CN1C(=O)CCn1ccccc1=O. The minimum atomic E-state index is -0.446. The first-order valence-electron chi connectivity index (χ1n) is 7.25. The summed E-state index contributed by atoms with van der Waals surface area (Å²) in [6.45, 7) is 1.51. The van der Waals surface area contributed by atoms with E-state index in [0.29, 0.717) is 19.5 Å². The Kier molecular flexibility index (Phi) is 5.14. The van der Waals surface area contributed by atoms with Gasteiger partial charge in [0.25, 0.3) is 5.56 Å². The molecule has 0 aliphatic carbocycles. The highest BCUT2D eigenvalue weighted by Gasteiger charge is 2.33. The molecule has 1 N–H and O–H groups in total. The standard InChI is InChI=1S/C15H23N3O3/c1-16(2)10-12-9-13(19)11-18(12)15(21)6-8-17-7-4-3-5-14(17)20/h3-5,7,12-13,19H,6,8-11H2,1-2H3. The number of rotatable bonds is 5. The molecule has 2 atom stereocenters. The normalized spacial score (nSPS) is 22.0. The molecule has 0 radical (unpaired) electrons. The Morgan fingerprint density at radius 3 is 2.86 bits per heavy atom. The molecule has 0 aromatic carbocycles. The number of hydrogen-bond acceptors (Lipinski definition) is 4. The maximum absolute atomic E-state index is 12.3. The van der Waals surface area contributed by atoms with E-state index in [1.807, 2.05) is 19.0 Å². The lowest BCUT2D eigenvalue weighted by atomic mass is 10.2. The van der Waals surface area contributed by atoms with Gasteiger partial charge in [-0.3, -0.25) is 9.59 Å². The van der Waals surface area contributed by atoms with Gasteiger partial charge >= 0.3 is 0 Å². The van der Waals surface area contributed by atoms with Crippen molar-refractivity contribution in [2.75, 3.05) is 27.2 Å². The third-order valence-electron chi connectivity index (χ3n) is 3.75. The lowest BCUT2D eigenvalue weighted by molar-refractivity contribution is -0.132. The summed E-state index contributed by atoms with van der Waals surface area (Å²) in [7, 11) is 3.91. The summed E-state index contributed by atoms with van der Waals surface area (Å²) in [5.74, 6) is -0.00541. The second-order valence-electron chi connectivity index (χ2n) is 5.83. The van der Waals surface area contributed by atoms with E-state index in [9.17, 15) is 14.7 Å². The molecule has 1 aliphatic rings. The Morgan fingerprint density at radius 2 is 2.19 bits per heavy atom. The van der Waals surface area contributed by atoms with Crippen molar-refractivity contribution in [2.45, 2.75) is 31.5 Å². The van der Waals surface area contributed by atoms with E-state index < -0.39 is 6.10 Å². The Bertz CT molecular complexity index is 541. The minimum Gasteiger partial charge on any atom is -0.391 e.